The minimum Gasteiger partial charge on any atom is -1.00 e. The topological polar surface area (TPSA) is 0 Å². The third kappa shape index (κ3) is 11.8. The molecule has 0 nitrogen and oxygen atoms in total. The van der Waals surface area contributed by atoms with Crippen LogP contribution in [-0.2, 0) is 0 Å². The van der Waals surface area contributed by atoms with Gasteiger partial charge in [-0.3, -0.25) is 0 Å². The summed E-state index contributed by atoms with van der Waals surface area (Å²) in [5.74, 6) is 0. The Morgan fingerprint density at radius 1 is 2.00 bits per heavy atom. The molecule has 0 radical (unpaired) electrons. The Bertz CT molecular complexity index is 17.1. The van der Waals surface area contributed by atoms with Crippen LogP contribution in [0.5, 0.6) is 0 Å². The van der Waals surface area contributed by atoms with Gasteiger partial charge in [-0.2, -0.15) is 0 Å². The second-order valence-electron chi connectivity index (χ2n) is 0.154. The van der Waals surface area contributed by atoms with Crippen LogP contribution in [0.3, 0.4) is 0 Å². The van der Waals surface area contributed by atoms with Gasteiger partial charge in [0.1, 0.15) is 0 Å². The summed E-state index contributed by atoms with van der Waals surface area (Å²) in [4.78, 5) is 0. The summed E-state index contributed by atoms with van der Waals surface area (Å²) in [5, 5.41) is 0. The maximum absolute atomic E-state index is 4.76. The van der Waals surface area contributed by atoms with E-state index in [4.69, 9.17) is 11.6 Å². The molecule has 0 saturated carbocycles. The van der Waals surface area contributed by atoms with Gasteiger partial charge in [-0.15, -0.1) is 0 Å². The van der Waals surface area contributed by atoms with E-state index < -0.39 is 0 Å². The first-order chi connectivity index (χ1) is 1.41. The van der Waals surface area contributed by atoms with E-state index in [0.29, 0.717) is 0 Å². The summed E-state index contributed by atoms with van der Waals surface area (Å²) in [5.41, 5.74) is 1.22. The molecule has 0 aliphatic heterocycles. The van der Waals surface area contributed by atoms with Gasteiger partial charge >= 0.3 is 29.6 Å². The van der Waals surface area contributed by atoms with Crippen molar-refractivity contribution in [2.75, 3.05) is 0 Å². The van der Waals surface area contributed by atoms with Crippen molar-refractivity contribution in [1.82, 2.24) is 0 Å². The van der Waals surface area contributed by atoms with Gasteiger partial charge in [0.2, 0.25) is 0 Å². The molecule has 0 atom stereocenters. The van der Waals surface area contributed by atoms with Crippen LogP contribution >= 0.6 is 11.6 Å². The van der Waals surface area contributed by atoms with E-state index >= 15 is 0 Å². The van der Waals surface area contributed by atoms with Crippen molar-refractivity contribution in [1.29, 1.82) is 0 Å². The van der Waals surface area contributed by atoms with Crippen molar-refractivity contribution < 1.29 is 31.0 Å². The molecule has 0 aliphatic carbocycles. The minimum absolute atomic E-state index is 0. The number of hydrogen-bond acceptors (Lipinski definition) is 0. The molecule has 0 aliphatic rings. The van der Waals surface area contributed by atoms with Crippen molar-refractivity contribution in [3.8, 4) is 0 Å². The molecule has 0 unspecified atom stereocenters. The second-order valence-corrected chi connectivity index (χ2v) is 0.463. The first kappa shape index (κ1) is 8.90. The molecule has 2 heteroatoms. The van der Waals surface area contributed by atoms with Crippen LogP contribution < -0.4 is 29.6 Å². The molecular weight excluding hydrogens is 82.5 g/mol. The fraction of sp³-hybridized carbons (Fsp3) is 0. The molecule has 0 amide bonds. The number of hydrogen-bond donors (Lipinski definition) is 0. The van der Waals surface area contributed by atoms with Gasteiger partial charge in [-0.25, -0.2) is 0 Å². The van der Waals surface area contributed by atoms with Crippen LogP contribution in [0, 0.1) is 0 Å². The average molecular weight is 86.5 g/mol. The van der Waals surface area contributed by atoms with E-state index in [1.54, 1.807) is 0 Å². The summed E-state index contributed by atoms with van der Waals surface area (Å²) in [6.07, 6.45) is 0. The Balaban J connectivity index is -0.0000000200. The summed E-state index contributed by atoms with van der Waals surface area (Å²) < 4.78 is 0. The SMILES string of the molecule is C=CCl.[H-].[Na+]. The molecule has 0 saturated heterocycles. The zero-order valence-electron chi connectivity index (χ0n) is 3.66. The molecule has 4 heavy (non-hydrogen) atoms. The van der Waals surface area contributed by atoms with Crippen molar-refractivity contribution in [3.63, 3.8) is 0 Å². The fourth-order valence-corrected chi connectivity index (χ4v) is 0. The Morgan fingerprint density at radius 2 is 2.00 bits per heavy atom. The zero-order chi connectivity index (χ0) is 2.71. The standard InChI is InChI=1S/C2H3Cl.Na.H/c1-2-3;;/h2H,1H2;;/q;+1;-1. The molecule has 0 rings (SSSR count). The van der Waals surface area contributed by atoms with E-state index in [1.165, 1.54) is 5.54 Å². The van der Waals surface area contributed by atoms with E-state index in [9.17, 15) is 0 Å². The molecule has 0 heterocycles. The smallest absolute Gasteiger partial charge is 1.00 e. The van der Waals surface area contributed by atoms with Gasteiger partial charge in [-0.1, -0.05) is 18.2 Å². The van der Waals surface area contributed by atoms with Crippen LogP contribution in [0.2, 0.25) is 0 Å². The van der Waals surface area contributed by atoms with Crippen LogP contribution in [0.1, 0.15) is 1.43 Å². The minimum atomic E-state index is 0. The first-order valence-electron chi connectivity index (χ1n) is 0.626. The van der Waals surface area contributed by atoms with E-state index in [-0.39, 0.29) is 31.0 Å². The molecule has 0 aromatic carbocycles. The Hall–Kier alpha value is 1.03. The van der Waals surface area contributed by atoms with Gasteiger partial charge in [0.15, 0.2) is 0 Å². The summed E-state index contributed by atoms with van der Waals surface area (Å²) >= 11 is 4.76. The van der Waals surface area contributed by atoms with Crippen LogP contribution in [0.25, 0.3) is 0 Å². The van der Waals surface area contributed by atoms with Crippen LogP contribution in [-0.4, -0.2) is 0 Å². The molecule has 20 valence electrons. The molecule has 0 aromatic rings. The fourth-order valence-electron chi connectivity index (χ4n) is 0. The van der Waals surface area contributed by atoms with Crippen molar-refractivity contribution in [2.45, 2.75) is 0 Å². The van der Waals surface area contributed by atoms with Gasteiger partial charge in [-0.05, 0) is 5.54 Å². The molecule has 0 bridgehead atoms. The second kappa shape index (κ2) is 8.98. The number of halogens is 1. The van der Waals surface area contributed by atoms with E-state index in [2.05, 4.69) is 6.58 Å². The van der Waals surface area contributed by atoms with Crippen LogP contribution in [0.4, 0.5) is 0 Å². The number of rotatable bonds is 0. The zero-order valence-corrected chi connectivity index (χ0v) is 5.42. The van der Waals surface area contributed by atoms with Crippen LogP contribution in [0.15, 0.2) is 12.1 Å². The summed E-state index contributed by atoms with van der Waals surface area (Å²) in [6.45, 7) is 3.13. The molecule has 0 aromatic heterocycles. The monoisotopic (exact) mass is 86.0 g/mol. The van der Waals surface area contributed by atoms with E-state index in [1.807, 2.05) is 0 Å². The summed E-state index contributed by atoms with van der Waals surface area (Å²) in [7, 11) is 0. The largest absolute Gasteiger partial charge is 1.00 e. The Labute approximate surface area is 54.6 Å². The van der Waals surface area contributed by atoms with Gasteiger partial charge < -0.3 is 1.43 Å². The van der Waals surface area contributed by atoms with Crippen molar-refractivity contribution in [3.05, 3.63) is 12.1 Å². The quantitative estimate of drug-likeness (QED) is 0.314. The Morgan fingerprint density at radius 3 is 2.00 bits per heavy atom. The third-order valence-electron chi connectivity index (χ3n) is 0. The molecule has 0 spiro atoms. The van der Waals surface area contributed by atoms with Crippen molar-refractivity contribution in [2.24, 2.45) is 0 Å². The van der Waals surface area contributed by atoms with E-state index in [0.717, 1.165) is 0 Å². The first-order valence-corrected chi connectivity index (χ1v) is 1.06. The average Bonchev–Trinajstić information content (AvgIpc) is 0.918. The summed E-state index contributed by atoms with van der Waals surface area (Å²) in [6, 6.07) is 0. The van der Waals surface area contributed by atoms with Crippen molar-refractivity contribution >= 4 is 11.6 Å². The maximum atomic E-state index is 4.76. The predicted molar refractivity (Wildman–Crippen MR) is 17.2 cm³/mol. The Kier molecular flexibility index (Phi) is 20.0. The molecule has 0 fully saturated rings. The molecular formula is C2H4ClNa. The maximum Gasteiger partial charge on any atom is 1.00 e. The van der Waals surface area contributed by atoms with Gasteiger partial charge in [0.25, 0.3) is 0 Å². The van der Waals surface area contributed by atoms with Gasteiger partial charge in [0.05, 0.1) is 0 Å². The van der Waals surface area contributed by atoms with Gasteiger partial charge in [0, 0.05) is 0 Å². The normalized spacial score (nSPS) is 3.25. The predicted octanol–water partition coefficient (Wildman–Crippen LogP) is -1.51. The molecule has 0 N–H and O–H groups in total. The third-order valence-corrected chi connectivity index (χ3v) is 0.